The van der Waals surface area contributed by atoms with Gasteiger partial charge in [-0.3, -0.25) is 0 Å². The molecule has 120 valence electrons. The average Bonchev–Trinajstić information content (AvgIpc) is 3.20. The molecule has 0 amide bonds. The molecule has 2 aromatic carbocycles. The normalized spacial score (nSPS) is 16.0. The van der Waals surface area contributed by atoms with Crippen molar-refractivity contribution in [3.63, 3.8) is 0 Å². The van der Waals surface area contributed by atoms with Gasteiger partial charge in [0, 0.05) is 26.1 Å². The van der Waals surface area contributed by atoms with Crippen molar-refractivity contribution >= 4 is 10.0 Å². The van der Waals surface area contributed by atoms with Gasteiger partial charge >= 0.3 is 0 Å². The Morgan fingerprint density at radius 3 is 2.83 bits per heavy atom. The van der Waals surface area contributed by atoms with E-state index in [0.717, 1.165) is 36.4 Å². The second kappa shape index (κ2) is 5.63. The second-order valence-electron chi connectivity index (χ2n) is 5.90. The van der Waals surface area contributed by atoms with Crippen molar-refractivity contribution in [2.24, 2.45) is 0 Å². The van der Waals surface area contributed by atoms with E-state index >= 15 is 0 Å². The van der Waals surface area contributed by atoms with E-state index in [0.29, 0.717) is 18.0 Å². The Morgan fingerprint density at radius 1 is 1.04 bits per heavy atom. The van der Waals surface area contributed by atoms with Gasteiger partial charge in [-0.05, 0) is 40.5 Å². The minimum absolute atomic E-state index is 0.295. The summed E-state index contributed by atoms with van der Waals surface area (Å²) in [5.74, 6) is 0.787. The van der Waals surface area contributed by atoms with E-state index < -0.39 is 10.0 Å². The first-order valence-electron chi connectivity index (χ1n) is 7.69. The van der Waals surface area contributed by atoms with E-state index in [4.69, 9.17) is 4.74 Å². The van der Waals surface area contributed by atoms with Gasteiger partial charge in [-0.1, -0.05) is 18.2 Å². The Hall–Kier alpha value is -1.89. The van der Waals surface area contributed by atoms with Gasteiger partial charge in [0.25, 0.3) is 0 Å². The maximum Gasteiger partial charge on any atom is 0.240 e. The van der Waals surface area contributed by atoms with Crippen LogP contribution in [0.4, 0.5) is 0 Å². The summed E-state index contributed by atoms with van der Waals surface area (Å²) in [5, 5.41) is 3.29. The maximum atomic E-state index is 12.5. The second-order valence-corrected chi connectivity index (χ2v) is 7.67. The molecule has 0 aliphatic carbocycles. The summed E-state index contributed by atoms with van der Waals surface area (Å²) in [6, 6.07) is 11.1. The zero-order valence-electron chi connectivity index (χ0n) is 12.6. The number of hydrogen-bond donors (Lipinski definition) is 2. The minimum Gasteiger partial charge on any atom is -0.493 e. The molecule has 0 saturated carbocycles. The molecule has 0 bridgehead atoms. The molecule has 0 spiro atoms. The number of fused-ring (bicyclic) bond motifs is 2. The molecule has 6 heteroatoms. The molecule has 0 saturated heterocycles. The summed E-state index contributed by atoms with van der Waals surface area (Å²) in [6.45, 7) is 2.65. The predicted molar refractivity (Wildman–Crippen MR) is 86.7 cm³/mol. The largest absolute Gasteiger partial charge is 0.493 e. The molecule has 2 aromatic rings. The fourth-order valence-electron chi connectivity index (χ4n) is 3.05. The molecule has 0 unspecified atom stereocenters. The summed E-state index contributed by atoms with van der Waals surface area (Å²) in [5.41, 5.74) is 4.46. The Bertz CT molecular complexity index is 862. The summed E-state index contributed by atoms with van der Waals surface area (Å²) >= 11 is 0. The quantitative estimate of drug-likeness (QED) is 0.895. The van der Waals surface area contributed by atoms with E-state index in [2.05, 4.69) is 22.2 Å². The first-order valence-corrected chi connectivity index (χ1v) is 9.17. The molecule has 23 heavy (non-hydrogen) atoms. The van der Waals surface area contributed by atoms with Crippen molar-refractivity contribution in [1.82, 2.24) is 10.0 Å². The SMILES string of the molecule is O=S(=O)(NCc1ccc2c(c1)CNC2)c1ccc2c(c1)CCO2. The van der Waals surface area contributed by atoms with Crippen LogP contribution in [0.25, 0.3) is 0 Å². The van der Waals surface area contributed by atoms with Crippen LogP contribution in [0.5, 0.6) is 5.75 Å². The van der Waals surface area contributed by atoms with Gasteiger partial charge in [0.05, 0.1) is 11.5 Å². The third-order valence-electron chi connectivity index (χ3n) is 4.34. The number of ether oxygens (including phenoxy) is 1. The zero-order valence-corrected chi connectivity index (χ0v) is 13.4. The predicted octanol–water partition coefficient (Wildman–Crippen LogP) is 1.70. The van der Waals surface area contributed by atoms with Gasteiger partial charge in [0.2, 0.25) is 10.0 Å². The van der Waals surface area contributed by atoms with Crippen LogP contribution >= 0.6 is 0 Å². The molecule has 5 nitrogen and oxygen atoms in total. The highest BCUT2D eigenvalue weighted by Crippen LogP contribution is 2.27. The highest BCUT2D eigenvalue weighted by atomic mass is 32.2. The Kier molecular flexibility index (Phi) is 3.60. The number of rotatable bonds is 4. The van der Waals surface area contributed by atoms with Crippen molar-refractivity contribution in [2.75, 3.05) is 6.61 Å². The Labute approximate surface area is 135 Å². The van der Waals surface area contributed by atoms with Crippen LogP contribution in [0, 0.1) is 0 Å². The van der Waals surface area contributed by atoms with Crippen LogP contribution in [0.15, 0.2) is 41.3 Å². The van der Waals surface area contributed by atoms with Gasteiger partial charge in [0.1, 0.15) is 5.75 Å². The molecule has 2 aliphatic heterocycles. The highest BCUT2D eigenvalue weighted by Gasteiger charge is 2.19. The van der Waals surface area contributed by atoms with Gasteiger partial charge in [-0.25, -0.2) is 13.1 Å². The molecular weight excluding hydrogens is 312 g/mol. The van der Waals surface area contributed by atoms with E-state index in [9.17, 15) is 8.42 Å². The molecule has 0 atom stereocenters. The van der Waals surface area contributed by atoms with Gasteiger partial charge < -0.3 is 10.1 Å². The van der Waals surface area contributed by atoms with E-state index in [1.165, 1.54) is 11.1 Å². The lowest BCUT2D eigenvalue weighted by molar-refractivity contribution is 0.356. The molecule has 0 aromatic heterocycles. The van der Waals surface area contributed by atoms with Crippen LogP contribution < -0.4 is 14.8 Å². The first kappa shape index (κ1) is 14.7. The first-order chi connectivity index (χ1) is 11.1. The van der Waals surface area contributed by atoms with Gasteiger partial charge in [-0.15, -0.1) is 0 Å². The monoisotopic (exact) mass is 330 g/mol. The molecule has 2 aliphatic rings. The molecule has 0 fully saturated rings. The summed E-state index contributed by atoms with van der Waals surface area (Å²) in [7, 11) is -3.52. The fourth-order valence-corrected chi connectivity index (χ4v) is 4.12. The molecule has 2 N–H and O–H groups in total. The lowest BCUT2D eigenvalue weighted by atomic mass is 10.1. The Morgan fingerprint density at radius 2 is 1.91 bits per heavy atom. The molecule has 4 rings (SSSR count). The summed E-state index contributed by atoms with van der Waals surface area (Å²) < 4.78 is 33.1. The topological polar surface area (TPSA) is 67.4 Å². The smallest absolute Gasteiger partial charge is 0.240 e. The zero-order chi connectivity index (χ0) is 15.9. The molecule has 0 radical (unpaired) electrons. The van der Waals surface area contributed by atoms with Crippen molar-refractivity contribution in [2.45, 2.75) is 31.0 Å². The summed E-state index contributed by atoms with van der Waals surface area (Å²) in [6.07, 6.45) is 0.760. The van der Waals surface area contributed by atoms with Crippen molar-refractivity contribution in [1.29, 1.82) is 0 Å². The standard InChI is InChI=1S/C17H18N2O3S/c20-23(21,16-3-4-17-13(8-16)5-6-22-17)19-9-12-1-2-14-10-18-11-15(14)7-12/h1-4,7-8,18-19H,5-6,9-11H2. The lowest BCUT2D eigenvalue weighted by Crippen LogP contribution is -2.23. The minimum atomic E-state index is -3.52. The van der Waals surface area contributed by atoms with Crippen LogP contribution in [-0.2, 0) is 36.1 Å². The third-order valence-corrected chi connectivity index (χ3v) is 5.74. The third kappa shape index (κ3) is 2.85. The Balaban J connectivity index is 1.51. The maximum absolute atomic E-state index is 12.5. The van der Waals surface area contributed by atoms with E-state index in [-0.39, 0.29) is 0 Å². The van der Waals surface area contributed by atoms with Crippen molar-refractivity contribution < 1.29 is 13.2 Å². The average molecular weight is 330 g/mol. The van der Waals surface area contributed by atoms with Crippen LogP contribution in [0.1, 0.15) is 22.3 Å². The van der Waals surface area contributed by atoms with Gasteiger partial charge in [-0.2, -0.15) is 0 Å². The molecular formula is C17H18N2O3S. The van der Waals surface area contributed by atoms with E-state index in [1.54, 1.807) is 18.2 Å². The van der Waals surface area contributed by atoms with Crippen LogP contribution in [0.3, 0.4) is 0 Å². The van der Waals surface area contributed by atoms with Crippen molar-refractivity contribution in [3.8, 4) is 5.75 Å². The highest BCUT2D eigenvalue weighted by molar-refractivity contribution is 7.89. The van der Waals surface area contributed by atoms with Crippen LogP contribution in [0.2, 0.25) is 0 Å². The van der Waals surface area contributed by atoms with Crippen LogP contribution in [-0.4, -0.2) is 15.0 Å². The fraction of sp³-hybridized carbons (Fsp3) is 0.294. The van der Waals surface area contributed by atoms with Gasteiger partial charge in [0.15, 0.2) is 0 Å². The molecule has 2 heterocycles. The number of benzene rings is 2. The number of hydrogen-bond acceptors (Lipinski definition) is 4. The van der Waals surface area contributed by atoms with Crippen molar-refractivity contribution in [3.05, 3.63) is 58.7 Å². The number of nitrogens with one attached hydrogen (secondary N) is 2. The summed E-state index contributed by atoms with van der Waals surface area (Å²) in [4.78, 5) is 0.296. The lowest BCUT2D eigenvalue weighted by Gasteiger charge is -2.09. The number of sulfonamides is 1. The van der Waals surface area contributed by atoms with E-state index in [1.807, 2.05) is 6.07 Å².